The van der Waals surface area contributed by atoms with Crippen LogP contribution in [0.5, 0.6) is 5.75 Å². The van der Waals surface area contributed by atoms with Crippen molar-refractivity contribution in [2.45, 2.75) is 6.92 Å². The molecule has 0 unspecified atom stereocenters. The largest absolute Gasteiger partial charge is 0.489 e. The zero-order valence-corrected chi connectivity index (χ0v) is 10.7. The van der Waals surface area contributed by atoms with E-state index in [4.69, 9.17) is 4.74 Å². The molecular weight excluding hydrogens is 245 g/mol. The fourth-order valence-electron chi connectivity index (χ4n) is 1.21. The van der Waals surface area contributed by atoms with Gasteiger partial charge in [0.15, 0.2) is 11.6 Å². The number of para-hydroxylation sites is 1. The average molecular weight is 261 g/mol. The van der Waals surface area contributed by atoms with Crippen molar-refractivity contribution in [3.63, 3.8) is 0 Å². The zero-order chi connectivity index (χ0) is 12.9. The van der Waals surface area contributed by atoms with Gasteiger partial charge in [0.1, 0.15) is 6.61 Å². The van der Waals surface area contributed by atoms with E-state index in [1.807, 2.05) is 0 Å². The summed E-state index contributed by atoms with van der Waals surface area (Å²) in [7, 11) is -1.73. The molecule has 0 atom stereocenters. The summed E-state index contributed by atoms with van der Waals surface area (Å²) in [5.74, 6) is -0.272. The molecule has 1 aromatic carbocycles. The first-order valence-corrected chi connectivity index (χ1v) is 6.89. The lowest BCUT2D eigenvalue weighted by Gasteiger charge is -2.16. The Morgan fingerprint density at radius 3 is 2.59 bits per heavy atom. The molecule has 1 aromatic rings. The van der Waals surface area contributed by atoms with Gasteiger partial charge in [-0.15, -0.1) is 0 Å². The molecular formula is C11H16FNO3S. The number of benzene rings is 1. The first-order valence-electron chi connectivity index (χ1n) is 5.28. The number of likely N-dealkylation sites (N-methyl/N-ethyl adjacent to an activating group) is 1. The van der Waals surface area contributed by atoms with Gasteiger partial charge in [-0.05, 0) is 19.1 Å². The molecule has 96 valence electrons. The second kappa shape index (κ2) is 5.97. The molecule has 0 N–H and O–H groups in total. The van der Waals surface area contributed by atoms with Gasteiger partial charge >= 0.3 is 0 Å². The molecule has 0 heterocycles. The normalized spacial score (nSPS) is 11.8. The summed E-state index contributed by atoms with van der Waals surface area (Å²) in [6.45, 7) is 1.89. The third-order valence-electron chi connectivity index (χ3n) is 2.34. The van der Waals surface area contributed by atoms with Gasteiger partial charge in [0.05, 0.1) is 5.75 Å². The number of hydrogen-bond acceptors (Lipinski definition) is 3. The summed E-state index contributed by atoms with van der Waals surface area (Å²) in [5, 5.41) is 0. The van der Waals surface area contributed by atoms with Crippen LogP contribution in [0.4, 0.5) is 4.39 Å². The molecule has 0 saturated heterocycles. The van der Waals surface area contributed by atoms with Crippen molar-refractivity contribution in [3.8, 4) is 5.75 Å². The van der Waals surface area contributed by atoms with E-state index < -0.39 is 15.8 Å². The predicted molar refractivity (Wildman–Crippen MR) is 64.0 cm³/mol. The van der Waals surface area contributed by atoms with E-state index in [1.54, 1.807) is 19.1 Å². The van der Waals surface area contributed by atoms with Crippen LogP contribution >= 0.6 is 0 Å². The van der Waals surface area contributed by atoms with E-state index in [2.05, 4.69) is 0 Å². The van der Waals surface area contributed by atoms with Crippen molar-refractivity contribution in [1.82, 2.24) is 4.31 Å². The highest BCUT2D eigenvalue weighted by atomic mass is 32.2. The first-order chi connectivity index (χ1) is 7.97. The van der Waals surface area contributed by atoms with Crippen molar-refractivity contribution in [1.29, 1.82) is 0 Å². The second-order valence-electron chi connectivity index (χ2n) is 3.50. The lowest BCUT2D eigenvalue weighted by molar-refractivity contribution is 0.275. The summed E-state index contributed by atoms with van der Waals surface area (Å²) in [5.41, 5.74) is 0. The van der Waals surface area contributed by atoms with E-state index in [0.29, 0.717) is 0 Å². The van der Waals surface area contributed by atoms with Crippen LogP contribution in [0.1, 0.15) is 6.92 Å². The Morgan fingerprint density at radius 2 is 2.00 bits per heavy atom. The Morgan fingerprint density at radius 1 is 1.35 bits per heavy atom. The monoisotopic (exact) mass is 261 g/mol. The average Bonchev–Trinajstić information content (AvgIpc) is 2.31. The Kier molecular flexibility index (Phi) is 4.89. The number of ether oxygens (including phenoxy) is 1. The van der Waals surface area contributed by atoms with E-state index >= 15 is 0 Å². The van der Waals surface area contributed by atoms with Gasteiger partial charge < -0.3 is 4.74 Å². The fourth-order valence-corrected chi connectivity index (χ4v) is 2.00. The number of nitrogens with zero attached hydrogens (tertiary/aromatic N) is 1. The highest BCUT2D eigenvalue weighted by molar-refractivity contribution is 7.89. The smallest absolute Gasteiger partial charge is 0.213 e. The minimum Gasteiger partial charge on any atom is -0.489 e. The van der Waals surface area contributed by atoms with Crippen LogP contribution in [-0.4, -0.2) is 38.7 Å². The van der Waals surface area contributed by atoms with Crippen molar-refractivity contribution < 1.29 is 17.5 Å². The van der Waals surface area contributed by atoms with Crippen LogP contribution in [0.25, 0.3) is 0 Å². The number of rotatable bonds is 6. The third-order valence-corrected chi connectivity index (χ3v) is 4.20. The maximum absolute atomic E-state index is 13.2. The molecule has 0 aromatic heterocycles. The van der Waals surface area contributed by atoms with E-state index in [1.165, 1.54) is 23.5 Å². The maximum atomic E-state index is 13.2. The van der Waals surface area contributed by atoms with Gasteiger partial charge in [-0.25, -0.2) is 17.1 Å². The van der Waals surface area contributed by atoms with E-state index in [9.17, 15) is 12.8 Å². The van der Waals surface area contributed by atoms with Crippen molar-refractivity contribution in [3.05, 3.63) is 30.1 Å². The molecule has 0 bridgehead atoms. The van der Waals surface area contributed by atoms with Crippen LogP contribution in [0.2, 0.25) is 0 Å². The molecule has 0 amide bonds. The number of hydrogen-bond donors (Lipinski definition) is 0. The Labute approximate surface area is 101 Å². The summed E-state index contributed by atoms with van der Waals surface area (Å²) < 4.78 is 42.3. The molecule has 0 fully saturated rings. The molecule has 0 spiro atoms. The van der Waals surface area contributed by atoms with Crippen molar-refractivity contribution >= 4 is 10.0 Å². The van der Waals surface area contributed by atoms with Crippen LogP contribution in [0.3, 0.4) is 0 Å². The van der Waals surface area contributed by atoms with Crippen LogP contribution < -0.4 is 4.74 Å². The zero-order valence-electron chi connectivity index (χ0n) is 9.89. The number of sulfonamides is 1. The quantitative estimate of drug-likeness (QED) is 0.779. The van der Waals surface area contributed by atoms with Crippen LogP contribution in [0, 0.1) is 5.82 Å². The SMILES string of the molecule is CCS(=O)(=O)N(C)CCOc1ccccc1F. The summed E-state index contributed by atoms with van der Waals surface area (Å²) in [6.07, 6.45) is 0. The van der Waals surface area contributed by atoms with E-state index in [-0.39, 0.29) is 24.7 Å². The van der Waals surface area contributed by atoms with Crippen molar-refractivity contribution in [2.75, 3.05) is 26.0 Å². The first kappa shape index (κ1) is 13.9. The Balaban J connectivity index is 2.47. The Hall–Kier alpha value is -1.14. The van der Waals surface area contributed by atoms with Gasteiger partial charge in [0, 0.05) is 13.6 Å². The lowest BCUT2D eigenvalue weighted by Crippen LogP contribution is -2.32. The summed E-state index contributed by atoms with van der Waals surface area (Å²) >= 11 is 0. The topological polar surface area (TPSA) is 46.6 Å². The van der Waals surface area contributed by atoms with Gasteiger partial charge in [-0.1, -0.05) is 12.1 Å². The fraction of sp³-hybridized carbons (Fsp3) is 0.455. The summed E-state index contributed by atoms with van der Waals surface area (Å²) in [4.78, 5) is 0. The van der Waals surface area contributed by atoms with Gasteiger partial charge in [-0.2, -0.15) is 0 Å². The van der Waals surface area contributed by atoms with Gasteiger partial charge in [0.25, 0.3) is 0 Å². The molecule has 0 radical (unpaired) electrons. The second-order valence-corrected chi connectivity index (χ2v) is 5.87. The molecule has 17 heavy (non-hydrogen) atoms. The molecule has 0 aliphatic carbocycles. The molecule has 0 aliphatic heterocycles. The highest BCUT2D eigenvalue weighted by Gasteiger charge is 2.14. The number of halogens is 1. The van der Waals surface area contributed by atoms with Gasteiger partial charge in [-0.3, -0.25) is 0 Å². The molecule has 0 aliphatic rings. The predicted octanol–water partition coefficient (Wildman–Crippen LogP) is 1.49. The summed E-state index contributed by atoms with van der Waals surface area (Å²) in [6, 6.07) is 6.02. The molecule has 0 saturated carbocycles. The van der Waals surface area contributed by atoms with Gasteiger partial charge in [0.2, 0.25) is 10.0 Å². The Bertz CT molecular complexity index is 462. The van der Waals surface area contributed by atoms with Crippen LogP contribution in [-0.2, 0) is 10.0 Å². The van der Waals surface area contributed by atoms with E-state index in [0.717, 1.165) is 0 Å². The molecule has 1 rings (SSSR count). The molecule has 6 heteroatoms. The van der Waals surface area contributed by atoms with Crippen molar-refractivity contribution in [2.24, 2.45) is 0 Å². The van der Waals surface area contributed by atoms with Crippen LogP contribution in [0.15, 0.2) is 24.3 Å². The standard InChI is InChI=1S/C11H16FNO3S/c1-3-17(14,15)13(2)8-9-16-11-7-5-4-6-10(11)12/h4-7H,3,8-9H2,1-2H3. The lowest BCUT2D eigenvalue weighted by atomic mass is 10.3. The third kappa shape index (κ3) is 3.98. The highest BCUT2D eigenvalue weighted by Crippen LogP contribution is 2.15. The molecule has 4 nitrogen and oxygen atoms in total. The maximum Gasteiger partial charge on any atom is 0.213 e. The minimum atomic E-state index is -3.20. The minimum absolute atomic E-state index is 0.0448.